The van der Waals surface area contributed by atoms with Crippen LogP contribution in [0.4, 0.5) is 11.4 Å². The van der Waals surface area contributed by atoms with E-state index in [-0.39, 0.29) is 29.9 Å². The summed E-state index contributed by atoms with van der Waals surface area (Å²) in [6.07, 6.45) is 1.57. The number of hydrogen-bond acceptors (Lipinski definition) is 5. The largest absolute Gasteiger partial charge is 0.467 e. The second kappa shape index (κ2) is 8.49. The van der Waals surface area contributed by atoms with E-state index in [1.807, 2.05) is 43.3 Å². The zero-order valence-electron chi connectivity index (χ0n) is 15.6. The first-order valence-electron chi connectivity index (χ1n) is 8.83. The van der Waals surface area contributed by atoms with E-state index in [1.54, 1.807) is 25.3 Å². The molecule has 7 heteroatoms. The van der Waals surface area contributed by atoms with E-state index in [9.17, 15) is 14.9 Å². The number of nitrogens with one attached hydrogen (secondary N) is 2. The van der Waals surface area contributed by atoms with Crippen LogP contribution in [0.2, 0.25) is 0 Å². The minimum Gasteiger partial charge on any atom is -0.467 e. The van der Waals surface area contributed by atoms with E-state index in [2.05, 4.69) is 10.6 Å². The van der Waals surface area contributed by atoms with Gasteiger partial charge in [-0.3, -0.25) is 20.2 Å². The second-order valence-electron chi connectivity index (χ2n) is 6.50. The van der Waals surface area contributed by atoms with Crippen LogP contribution in [0.1, 0.15) is 28.5 Å². The molecule has 0 bridgehead atoms. The Morgan fingerprint density at radius 3 is 2.46 bits per heavy atom. The average molecular weight is 379 g/mol. The Kier molecular flexibility index (Phi) is 5.86. The van der Waals surface area contributed by atoms with Crippen molar-refractivity contribution in [2.45, 2.75) is 19.9 Å². The van der Waals surface area contributed by atoms with E-state index >= 15 is 0 Å². The van der Waals surface area contributed by atoms with E-state index in [1.165, 1.54) is 6.07 Å². The molecule has 0 unspecified atom stereocenters. The Balaban J connectivity index is 1.74. The van der Waals surface area contributed by atoms with Gasteiger partial charge in [-0.2, -0.15) is 0 Å². The van der Waals surface area contributed by atoms with Crippen molar-refractivity contribution >= 4 is 17.3 Å². The quantitative estimate of drug-likeness (QED) is 0.475. The SMILES string of the molecule is Cc1cc(NC(=O)CN[C@H](c2ccccc2)c2ccco2)c([N+](=O)[O-])cc1C. The van der Waals surface area contributed by atoms with E-state index < -0.39 is 4.92 Å². The zero-order chi connectivity index (χ0) is 20.1. The van der Waals surface area contributed by atoms with Crippen molar-refractivity contribution in [1.82, 2.24) is 5.32 Å². The van der Waals surface area contributed by atoms with Crippen molar-refractivity contribution in [1.29, 1.82) is 0 Å². The number of furan rings is 1. The van der Waals surface area contributed by atoms with Gasteiger partial charge in [0.15, 0.2) is 0 Å². The van der Waals surface area contributed by atoms with E-state index in [4.69, 9.17) is 4.42 Å². The molecule has 0 fully saturated rings. The van der Waals surface area contributed by atoms with Crippen LogP contribution in [0.25, 0.3) is 0 Å². The number of nitro groups is 1. The van der Waals surface area contributed by atoms with Crippen LogP contribution in [0.15, 0.2) is 65.3 Å². The van der Waals surface area contributed by atoms with Crippen LogP contribution in [0, 0.1) is 24.0 Å². The monoisotopic (exact) mass is 379 g/mol. The van der Waals surface area contributed by atoms with Gasteiger partial charge in [0, 0.05) is 6.07 Å². The Hall–Kier alpha value is -3.45. The van der Waals surface area contributed by atoms with Crippen molar-refractivity contribution in [3.8, 4) is 0 Å². The normalized spacial score (nSPS) is 11.8. The van der Waals surface area contributed by atoms with Crippen LogP contribution < -0.4 is 10.6 Å². The highest BCUT2D eigenvalue weighted by Crippen LogP contribution is 2.28. The van der Waals surface area contributed by atoms with Gasteiger partial charge >= 0.3 is 0 Å². The Morgan fingerprint density at radius 2 is 1.82 bits per heavy atom. The number of aryl methyl sites for hydroxylation is 2. The summed E-state index contributed by atoms with van der Waals surface area (Å²) in [5.41, 5.74) is 2.68. The molecule has 144 valence electrons. The second-order valence-corrected chi connectivity index (χ2v) is 6.50. The summed E-state index contributed by atoms with van der Waals surface area (Å²) < 4.78 is 5.50. The van der Waals surface area contributed by atoms with Crippen molar-refractivity contribution < 1.29 is 14.1 Å². The molecule has 0 aliphatic heterocycles. The first-order chi connectivity index (χ1) is 13.5. The molecule has 2 N–H and O–H groups in total. The molecule has 1 aromatic heterocycles. The molecule has 3 aromatic rings. The van der Waals surface area contributed by atoms with Gasteiger partial charge in [-0.1, -0.05) is 30.3 Å². The molecule has 0 radical (unpaired) electrons. The van der Waals surface area contributed by atoms with Gasteiger partial charge in [0.1, 0.15) is 11.4 Å². The minimum absolute atomic E-state index is 0.0374. The highest BCUT2D eigenvalue weighted by atomic mass is 16.6. The van der Waals surface area contributed by atoms with Gasteiger partial charge in [-0.25, -0.2) is 0 Å². The lowest BCUT2D eigenvalue weighted by Gasteiger charge is -2.17. The molecule has 1 amide bonds. The van der Waals surface area contributed by atoms with E-state index in [0.29, 0.717) is 5.76 Å². The summed E-state index contributed by atoms with van der Waals surface area (Å²) in [5.74, 6) is 0.301. The van der Waals surface area contributed by atoms with Crippen LogP contribution in [-0.2, 0) is 4.79 Å². The molecule has 0 aliphatic carbocycles. The van der Waals surface area contributed by atoms with Gasteiger partial charge in [0.2, 0.25) is 5.91 Å². The summed E-state index contributed by atoms with van der Waals surface area (Å²) in [5, 5.41) is 17.1. The zero-order valence-corrected chi connectivity index (χ0v) is 15.6. The Labute approximate surface area is 162 Å². The summed E-state index contributed by atoms with van der Waals surface area (Å²) in [4.78, 5) is 23.3. The third kappa shape index (κ3) is 4.44. The molecule has 0 aliphatic rings. The van der Waals surface area contributed by atoms with Crippen LogP contribution >= 0.6 is 0 Å². The fourth-order valence-corrected chi connectivity index (χ4v) is 2.93. The number of carbonyl (C=O) groups excluding carboxylic acids is 1. The number of nitrogens with zero attached hydrogens (tertiary/aromatic N) is 1. The fraction of sp³-hybridized carbons (Fsp3) is 0.190. The molecule has 3 rings (SSSR count). The number of nitro benzene ring substituents is 1. The minimum atomic E-state index is -0.495. The van der Waals surface area contributed by atoms with Gasteiger partial charge in [-0.15, -0.1) is 0 Å². The molecule has 1 atom stereocenters. The third-order valence-electron chi connectivity index (χ3n) is 4.51. The molecule has 0 saturated carbocycles. The summed E-state index contributed by atoms with van der Waals surface area (Å²) >= 11 is 0. The van der Waals surface area contributed by atoms with Gasteiger partial charge < -0.3 is 9.73 Å². The summed E-state index contributed by atoms with van der Waals surface area (Å²) in [6, 6.07) is 16.0. The molecule has 1 heterocycles. The van der Waals surface area contributed by atoms with Crippen molar-refractivity contribution in [3.05, 3.63) is 93.4 Å². The summed E-state index contributed by atoms with van der Waals surface area (Å²) in [7, 11) is 0. The van der Waals surface area contributed by atoms with Crippen molar-refractivity contribution in [3.63, 3.8) is 0 Å². The molecule has 0 spiro atoms. The molecule has 28 heavy (non-hydrogen) atoms. The Bertz CT molecular complexity index is 969. The first kappa shape index (κ1) is 19.3. The highest BCUT2D eigenvalue weighted by molar-refractivity contribution is 5.94. The fourth-order valence-electron chi connectivity index (χ4n) is 2.93. The molecular formula is C21H21N3O4. The maximum atomic E-state index is 12.5. The molecule has 0 saturated heterocycles. The number of hydrogen-bond donors (Lipinski definition) is 2. The lowest BCUT2D eigenvalue weighted by Crippen LogP contribution is -2.32. The maximum absolute atomic E-state index is 12.5. The molecule has 2 aromatic carbocycles. The smallest absolute Gasteiger partial charge is 0.293 e. The van der Waals surface area contributed by atoms with Crippen molar-refractivity contribution in [2.24, 2.45) is 0 Å². The van der Waals surface area contributed by atoms with Gasteiger partial charge in [0.05, 0.1) is 23.8 Å². The average Bonchev–Trinajstić information content (AvgIpc) is 3.20. The highest BCUT2D eigenvalue weighted by Gasteiger charge is 2.20. The lowest BCUT2D eigenvalue weighted by molar-refractivity contribution is -0.384. The molecule has 7 nitrogen and oxygen atoms in total. The predicted molar refractivity (Wildman–Crippen MR) is 106 cm³/mol. The topological polar surface area (TPSA) is 97.4 Å². The molecular weight excluding hydrogens is 358 g/mol. The third-order valence-corrected chi connectivity index (χ3v) is 4.51. The predicted octanol–water partition coefficient (Wildman–Crippen LogP) is 4.12. The van der Waals surface area contributed by atoms with Crippen LogP contribution in [0.5, 0.6) is 0 Å². The number of rotatable bonds is 7. The van der Waals surface area contributed by atoms with Crippen LogP contribution in [-0.4, -0.2) is 17.4 Å². The first-order valence-corrected chi connectivity index (χ1v) is 8.83. The number of anilines is 1. The number of amides is 1. The van der Waals surface area contributed by atoms with Crippen molar-refractivity contribution in [2.75, 3.05) is 11.9 Å². The number of carbonyl (C=O) groups is 1. The standard InChI is InChI=1S/C21H21N3O4/c1-14-11-17(18(24(26)27)12-15(14)2)23-20(25)13-22-21(19-9-6-10-28-19)16-7-4-3-5-8-16/h3-12,21-22H,13H2,1-2H3,(H,23,25)/t21-/m1/s1. The lowest BCUT2D eigenvalue weighted by atomic mass is 10.0. The summed E-state index contributed by atoms with van der Waals surface area (Å²) in [6.45, 7) is 3.60. The van der Waals surface area contributed by atoms with E-state index in [0.717, 1.165) is 16.7 Å². The van der Waals surface area contributed by atoms with Crippen LogP contribution in [0.3, 0.4) is 0 Å². The maximum Gasteiger partial charge on any atom is 0.293 e. The number of benzene rings is 2. The van der Waals surface area contributed by atoms with Gasteiger partial charge in [0.25, 0.3) is 5.69 Å². The van der Waals surface area contributed by atoms with Gasteiger partial charge in [-0.05, 0) is 48.7 Å². The Morgan fingerprint density at radius 1 is 1.11 bits per heavy atom.